The standard InChI is InChI=1S/C12H27N/c1-6-8-10-13(11-9-7-2)12(3,4)5/h6-11H2,1-5H3/p+1. The fraction of sp³-hybridized carbons (Fsp3) is 1.00. The molecule has 0 unspecified atom stereocenters. The summed E-state index contributed by atoms with van der Waals surface area (Å²) in [6.07, 6.45) is 5.39. The molecule has 0 aliphatic rings. The summed E-state index contributed by atoms with van der Waals surface area (Å²) in [4.78, 5) is 1.77. The minimum atomic E-state index is 0.435. The normalized spacial score (nSPS) is 12.5. The highest BCUT2D eigenvalue weighted by Gasteiger charge is 2.23. The zero-order valence-corrected chi connectivity index (χ0v) is 10.2. The third kappa shape index (κ3) is 6.09. The largest absolute Gasteiger partial charge is 0.331 e. The first kappa shape index (κ1) is 13.0. The summed E-state index contributed by atoms with van der Waals surface area (Å²) in [6, 6.07) is 0. The van der Waals surface area contributed by atoms with Crippen molar-refractivity contribution in [1.82, 2.24) is 0 Å². The van der Waals surface area contributed by atoms with Gasteiger partial charge in [0.15, 0.2) is 0 Å². The molecule has 0 aromatic heterocycles. The minimum Gasteiger partial charge on any atom is -0.331 e. The van der Waals surface area contributed by atoms with E-state index >= 15 is 0 Å². The van der Waals surface area contributed by atoms with Gasteiger partial charge in [-0.1, -0.05) is 26.7 Å². The van der Waals surface area contributed by atoms with Gasteiger partial charge in [-0.25, -0.2) is 0 Å². The molecule has 0 fully saturated rings. The maximum absolute atomic E-state index is 2.35. The molecule has 0 spiro atoms. The number of nitrogens with one attached hydrogen (secondary N) is 1. The Hall–Kier alpha value is -0.0400. The van der Waals surface area contributed by atoms with Gasteiger partial charge < -0.3 is 4.90 Å². The molecule has 0 atom stereocenters. The highest BCUT2D eigenvalue weighted by molar-refractivity contribution is 4.56. The van der Waals surface area contributed by atoms with Crippen molar-refractivity contribution in [1.29, 1.82) is 0 Å². The van der Waals surface area contributed by atoms with Gasteiger partial charge in [0.2, 0.25) is 0 Å². The van der Waals surface area contributed by atoms with Crippen LogP contribution >= 0.6 is 0 Å². The molecule has 0 saturated carbocycles. The fourth-order valence-electron chi connectivity index (χ4n) is 1.66. The van der Waals surface area contributed by atoms with Crippen LogP contribution in [0.3, 0.4) is 0 Å². The van der Waals surface area contributed by atoms with Crippen molar-refractivity contribution in [3.8, 4) is 0 Å². The average molecular weight is 186 g/mol. The molecular formula is C12H28N+. The van der Waals surface area contributed by atoms with Gasteiger partial charge in [-0.3, -0.25) is 0 Å². The van der Waals surface area contributed by atoms with E-state index in [0.717, 1.165) is 0 Å². The van der Waals surface area contributed by atoms with Crippen LogP contribution in [0.4, 0.5) is 0 Å². The number of rotatable bonds is 6. The molecule has 0 aliphatic carbocycles. The lowest BCUT2D eigenvalue weighted by Crippen LogP contribution is -3.18. The summed E-state index contributed by atoms with van der Waals surface area (Å²) in [5.74, 6) is 0. The summed E-state index contributed by atoms with van der Waals surface area (Å²) in [7, 11) is 0. The van der Waals surface area contributed by atoms with Crippen LogP contribution in [0.15, 0.2) is 0 Å². The Bertz CT molecular complexity index is 105. The second-order valence-electron chi connectivity index (χ2n) is 5.06. The van der Waals surface area contributed by atoms with Gasteiger partial charge >= 0.3 is 0 Å². The van der Waals surface area contributed by atoms with Gasteiger partial charge in [-0.15, -0.1) is 0 Å². The van der Waals surface area contributed by atoms with Crippen LogP contribution in [-0.4, -0.2) is 18.6 Å². The van der Waals surface area contributed by atoms with E-state index in [2.05, 4.69) is 34.6 Å². The maximum Gasteiger partial charge on any atom is 0.0891 e. The Balaban J connectivity index is 3.88. The molecule has 0 heterocycles. The molecule has 0 aromatic rings. The monoisotopic (exact) mass is 186 g/mol. The van der Waals surface area contributed by atoms with E-state index in [4.69, 9.17) is 0 Å². The molecule has 0 amide bonds. The Labute approximate surface area is 84.5 Å². The summed E-state index contributed by atoms with van der Waals surface area (Å²) in [6.45, 7) is 14.3. The lowest BCUT2D eigenvalue weighted by molar-refractivity contribution is -0.947. The predicted molar refractivity (Wildman–Crippen MR) is 60.3 cm³/mol. The molecule has 0 saturated heterocycles. The van der Waals surface area contributed by atoms with Gasteiger partial charge in [-0.05, 0) is 33.6 Å². The fourth-order valence-corrected chi connectivity index (χ4v) is 1.66. The van der Waals surface area contributed by atoms with E-state index in [1.54, 1.807) is 4.90 Å². The Morgan fingerprint density at radius 2 is 1.23 bits per heavy atom. The van der Waals surface area contributed by atoms with Crippen LogP contribution in [0.2, 0.25) is 0 Å². The van der Waals surface area contributed by atoms with Crippen LogP contribution in [0.1, 0.15) is 60.3 Å². The van der Waals surface area contributed by atoms with E-state index in [1.165, 1.54) is 38.8 Å². The highest BCUT2D eigenvalue weighted by atomic mass is 15.2. The number of unbranched alkanes of at least 4 members (excludes halogenated alkanes) is 2. The third-order valence-electron chi connectivity index (χ3n) is 2.72. The summed E-state index contributed by atoms with van der Waals surface area (Å²) in [5, 5.41) is 0. The van der Waals surface area contributed by atoms with Crippen molar-refractivity contribution < 1.29 is 4.90 Å². The maximum atomic E-state index is 2.35. The smallest absolute Gasteiger partial charge is 0.0891 e. The average Bonchev–Trinajstić information content (AvgIpc) is 2.02. The molecule has 1 nitrogen and oxygen atoms in total. The first-order valence-corrected chi connectivity index (χ1v) is 5.87. The molecule has 1 heteroatoms. The minimum absolute atomic E-state index is 0.435. The summed E-state index contributed by atoms with van der Waals surface area (Å²) >= 11 is 0. The van der Waals surface area contributed by atoms with E-state index in [9.17, 15) is 0 Å². The summed E-state index contributed by atoms with van der Waals surface area (Å²) in [5.41, 5.74) is 0.435. The second-order valence-corrected chi connectivity index (χ2v) is 5.06. The van der Waals surface area contributed by atoms with E-state index in [1.807, 2.05) is 0 Å². The van der Waals surface area contributed by atoms with Gasteiger partial charge in [0.25, 0.3) is 0 Å². The first-order valence-electron chi connectivity index (χ1n) is 5.87. The van der Waals surface area contributed by atoms with E-state index in [0.29, 0.717) is 5.54 Å². The molecule has 80 valence electrons. The van der Waals surface area contributed by atoms with E-state index < -0.39 is 0 Å². The number of hydrogen-bond donors (Lipinski definition) is 1. The predicted octanol–water partition coefficient (Wildman–Crippen LogP) is 2.27. The van der Waals surface area contributed by atoms with Crippen molar-refractivity contribution in [2.75, 3.05) is 13.1 Å². The molecule has 0 aliphatic heterocycles. The van der Waals surface area contributed by atoms with Crippen molar-refractivity contribution in [2.45, 2.75) is 65.8 Å². The van der Waals surface area contributed by atoms with E-state index in [-0.39, 0.29) is 0 Å². The van der Waals surface area contributed by atoms with Crippen molar-refractivity contribution in [3.05, 3.63) is 0 Å². The Kier molecular flexibility index (Phi) is 6.40. The van der Waals surface area contributed by atoms with Gasteiger partial charge in [0.05, 0.1) is 18.6 Å². The third-order valence-corrected chi connectivity index (χ3v) is 2.72. The van der Waals surface area contributed by atoms with Crippen LogP contribution in [0.25, 0.3) is 0 Å². The number of hydrogen-bond acceptors (Lipinski definition) is 0. The zero-order chi connectivity index (χ0) is 10.3. The van der Waals surface area contributed by atoms with Crippen LogP contribution < -0.4 is 4.90 Å². The molecule has 0 aromatic carbocycles. The zero-order valence-electron chi connectivity index (χ0n) is 10.2. The molecule has 13 heavy (non-hydrogen) atoms. The van der Waals surface area contributed by atoms with Crippen molar-refractivity contribution in [3.63, 3.8) is 0 Å². The first-order chi connectivity index (χ1) is 6.02. The molecular weight excluding hydrogens is 158 g/mol. The van der Waals surface area contributed by atoms with Crippen molar-refractivity contribution >= 4 is 0 Å². The molecule has 0 rings (SSSR count). The van der Waals surface area contributed by atoms with Gasteiger partial charge in [-0.2, -0.15) is 0 Å². The lowest BCUT2D eigenvalue weighted by Gasteiger charge is -2.32. The second kappa shape index (κ2) is 6.42. The summed E-state index contributed by atoms with van der Waals surface area (Å²) < 4.78 is 0. The van der Waals surface area contributed by atoms with Gasteiger partial charge in [0, 0.05) is 0 Å². The Morgan fingerprint density at radius 3 is 1.46 bits per heavy atom. The van der Waals surface area contributed by atoms with Crippen molar-refractivity contribution in [2.24, 2.45) is 0 Å². The number of quaternary nitrogens is 1. The molecule has 0 bridgehead atoms. The van der Waals surface area contributed by atoms with Crippen LogP contribution in [0, 0.1) is 0 Å². The highest BCUT2D eigenvalue weighted by Crippen LogP contribution is 1.95. The molecule has 0 radical (unpaired) electrons. The van der Waals surface area contributed by atoms with Crippen LogP contribution in [-0.2, 0) is 0 Å². The topological polar surface area (TPSA) is 4.44 Å². The van der Waals surface area contributed by atoms with Crippen LogP contribution in [0.5, 0.6) is 0 Å². The lowest BCUT2D eigenvalue weighted by atomic mass is 10.0. The SMILES string of the molecule is CCCC[NH+](CCCC)C(C)(C)C. The van der Waals surface area contributed by atoms with Gasteiger partial charge in [0.1, 0.15) is 0 Å². The quantitative estimate of drug-likeness (QED) is 0.649. The molecule has 1 N–H and O–H groups in total. The Morgan fingerprint density at radius 1 is 0.846 bits per heavy atom.